The average Bonchev–Trinajstić information content (AvgIpc) is 2.86. The standard InChI is InChI=1S/C9H15N.C9H14.C8H14/c1-7-5-8-3-4-9(6-7)10(8)2;1-6-3-8-5-9(4-6)7(8)2;1-7-3-5-8(2)6-4-7/h8-9H,1,3-6H2,2H3;6,8-9H,2-5H2,1H3;8H,1,3-6H2,2H3. The van der Waals surface area contributed by atoms with Crippen LogP contribution < -0.4 is 0 Å². The van der Waals surface area contributed by atoms with Crippen molar-refractivity contribution in [1.82, 2.24) is 4.90 Å². The predicted molar refractivity (Wildman–Crippen MR) is 119 cm³/mol. The van der Waals surface area contributed by atoms with Crippen LogP contribution in [0.2, 0.25) is 0 Å². The number of allylic oxidation sites excluding steroid dienone is 2. The van der Waals surface area contributed by atoms with Crippen LogP contribution in [0.15, 0.2) is 36.5 Å². The van der Waals surface area contributed by atoms with E-state index < -0.39 is 0 Å². The minimum Gasteiger partial charge on any atom is -0.300 e. The topological polar surface area (TPSA) is 3.24 Å². The second-order valence-electron chi connectivity index (χ2n) is 10.4. The Kier molecular flexibility index (Phi) is 7.06. The zero-order valence-electron chi connectivity index (χ0n) is 18.3. The van der Waals surface area contributed by atoms with Gasteiger partial charge in [-0.2, -0.15) is 0 Å². The van der Waals surface area contributed by atoms with E-state index in [-0.39, 0.29) is 0 Å². The first-order valence-electron chi connectivity index (χ1n) is 11.6. The summed E-state index contributed by atoms with van der Waals surface area (Å²) in [6, 6.07) is 1.68. The van der Waals surface area contributed by atoms with Crippen molar-refractivity contribution in [3.8, 4) is 0 Å². The van der Waals surface area contributed by atoms with Gasteiger partial charge in [-0.05, 0) is 101 Å². The molecule has 2 saturated heterocycles. The lowest BCUT2D eigenvalue weighted by Gasteiger charge is -2.46. The van der Waals surface area contributed by atoms with Crippen LogP contribution in [0, 0.1) is 23.7 Å². The molecule has 1 heteroatoms. The van der Waals surface area contributed by atoms with Gasteiger partial charge in [0, 0.05) is 12.1 Å². The number of piperidine rings is 1. The van der Waals surface area contributed by atoms with E-state index in [0.717, 1.165) is 35.8 Å². The van der Waals surface area contributed by atoms with Crippen LogP contribution in [0.3, 0.4) is 0 Å². The number of fused-ring (bicyclic) bond motifs is 4. The van der Waals surface area contributed by atoms with Gasteiger partial charge in [-0.15, -0.1) is 0 Å². The molecule has 4 aliphatic carbocycles. The van der Waals surface area contributed by atoms with Crippen molar-refractivity contribution in [2.24, 2.45) is 23.7 Å². The van der Waals surface area contributed by atoms with Gasteiger partial charge in [0.1, 0.15) is 0 Å². The van der Waals surface area contributed by atoms with Crippen LogP contribution in [0.5, 0.6) is 0 Å². The van der Waals surface area contributed by atoms with E-state index in [4.69, 9.17) is 0 Å². The Morgan fingerprint density at radius 3 is 1.63 bits per heavy atom. The van der Waals surface area contributed by atoms with Crippen molar-refractivity contribution < 1.29 is 0 Å². The lowest BCUT2D eigenvalue weighted by molar-refractivity contribution is 0.162. The van der Waals surface area contributed by atoms with E-state index in [1.165, 1.54) is 81.8 Å². The Labute approximate surface area is 169 Å². The monoisotopic (exact) mass is 369 g/mol. The summed E-state index contributed by atoms with van der Waals surface area (Å²) in [4.78, 5) is 2.54. The number of rotatable bonds is 0. The Balaban J connectivity index is 0.000000118. The minimum absolute atomic E-state index is 0.839. The highest BCUT2D eigenvalue weighted by atomic mass is 15.2. The summed E-state index contributed by atoms with van der Waals surface area (Å²) in [7, 11) is 2.26. The lowest BCUT2D eigenvalue weighted by atomic mass is 9.59. The zero-order chi connectivity index (χ0) is 19.6. The van der Waals surface area contributed by atoms with Crippen molar-refractivity contribution in [1.29, 1.82) is 0 Å². The second-order valence-corrected chi connectivity index (χ2v) is 10.4. The van der Waals surface area contributed by atoms with Crippen molar-refractivity contribution in [2.75, 3.05) is 7.05 Å². The maximum absolute atomic E-state index is 4.08. The molecule has 2 heterocycles. The zero-order valence-corrected chi connectivity index (χ0v) is 18.3. The van der Waals surface area contributed by atoms with Gasteiger partial charge in [0.2, 0.25) is 0 Å². The molecule has 6 rings (SSSR count). The number of hydrogen-bond acceptors (Lipinski definition) is 1. The van der Waals surface area contributed by atoms with Gasteiger partial charge >= 0.3 is 0 Å². The number of hydrogen-bond donors (Lipinski definition) is 0. The summed E-state index contributed by atoms with van der Waals surface area (Å²) >= 11 is 0. The normalized spacial score (nSPS) is 38.3. The molecule has 4 unspecified atom stereocenters. The maximum Gasteiger partial charge on any atom is 0.0133 e. The fraction of sp³-hybridized carbons (Fsp3) is 0.769. The first-order chi connectivity index (χ1) is 12.8. The molecule has 6 aliphatic rings. The van der Waals surface area contributed by atoms with Crippen LogP contribution in [0.4, 0.5) is 0 Å². The van der Waals surface area contributed by atoms with Gasteiger partial charge < -0.3 is 0 Å². The van der Waals surface area contributed by atoms with E-state index in [1.807, 2.05) is 0 Å². The van der Waals surface area contributed by atoms with Crippen molar-refractivity contribution in [2.45, 2.75) is 96.6 Å². The van der Waals surface area contributed by atoms with Crippen LogP contribution in [-0.2, 0) is 0 Å². The molecule has 27 heavy (non-hydrogen) atoms. The van der Waals surface area contributed by atoms with Gasteiger partial charge in [0.05, 0.1) is 0 Å². The lowest BCUT2D eigenvalue weighted by Crippen LogP contribution is -2.36. The van der Waals surface area contributed by atoms with Crippen LogP contribution in [-0.4, -0.2) is 24.0 Å². The molecular weight excluding hydrogens is 326 g/mol. The SMILES string of the molecule is C=C1C2CC(C)CC1C2.C=C1CC2CCC(C1)N2C.C=C1CCC(C)CC1. The molecular formula is C26H43N. The van der Waals surface area contributed by atoms with Crippen molar-refractivity contribution >= 4 is 0 Å². The third-order valence-corrected chi connectivity index (χ3v) is 8.01. The van der Waals surface area contributed by atoms with E-state index in [2.05, 4.69) is 45.5 Å². The molecule has 0 aromatic rings. The molecule has 0 aromatic carbocycles. The van der Waals surface area contributed by atoms with Gasteiger partial charge in [-0.25, -0.2) is 0 Å². The van der Waals surface area contributed by atoms with Gasteiger partial charge in [0.15, 0.2) is 0 Å². The fourth-order valence-electron chi connectivity index (χ4n) is 5.88. The maximum atomic E-state index is 4.08. The van der Waals surface area contributed by atoms with E-state index in [9.17, 15) is 0 Å². The molecule has 4 saturated carbocycles. The van der Waals surface area contributed by atoms with E-state index in [0.29, 0.717) is 0 Å². The summed E-state index contributed by atoms with van der Waals surface area (Å²) in [6.45, 7) is 16.8. The molecule has 152 valence electrons. The molecule has 0 radical (unpaired) electrons. The van der Waals surface area contributed by atoms with Crippen LogP contribution >= 0.6 is 0 Å². The highest BCUT2D eigenvalue weighted by Crippen LogP contribution is 2.51. The van der Waals surface area contributed by atoms with Crippen LogP contribution in [0.25, 0.3) is 0 Å². The molecule has 0 amide bonds. The first-order valence-corrected chi connectivity index (χ1v) is 11.6. The van der Waals surface area contributed by atoms with Crippen molar-refractivity contribution in [3.63, 3.8) is 0 Å². The average molecular weight is 370 g/mol. The Morgan fingerprint density at radius 1 is 0.704 bits per heavy atom. The van der Waals surface area contributed by atoms with E-state index >= 15 is 0 Å². The van der Waals surface area contributed by atoms with Crippen LogP contribution in [0.1, 0.15) is 84.5 Å². The Hall–Kier alpha value is -0.820. The summed E-state index contributed by atoms with van der Waals surface area (Å²) < 4.78 is 0. The number of nitrogens with zero attached hydrogens (tertiary/aromatic N) is 1. The largest absolute Gasteiger partial charge is 0.300 e. The highest BCUT2D eigenvalue weighted by Gasteiger charge is 2.39. The summed E-state index contributed by atoms with van der Waals surface area (Å²) in [5, 5.41) is 0. The molecule has 1 nitrogen and oxygen atoms in total. The fourth-order valence-corrected chi connectivity index (χ4v) is 5.88. The third-order valence-electron chi connectivity index (χ3n) is 8.01. The smallest absolute Gasteiger partial charge is 0.0133 e. The molecule has 0 aromatic heterocycles. The third kappa shape index (κ3) is 5.37. The van der Waals surface area contributed by atoms with Crippen molar-refractivity contribution in [3.05, 3.63) is 36.5 Å². The summed E-state index contributed by atoms with van der Waals surface area (Å²) in [5.74, 6) is 3.80. The highest BCUT2D eigenvalue weighted by molar-refractivity contribution is 5.19. The Bertz CT molecular complexity index is 519. The second kappa shape index (κ2) is 9.12. The van der Waals surface area contributed by atoms with E-state index in [1.54, 1.807) is 5.57 Å². The molecule has 0 N–H and O–H groups in total. The Morgan fingerprint density at radius 2 is 1.22 bits per heavy atom. The first kappa shape index (κ1) is 20.9. The quantitative estimate of drug-likeness (QED) is 0.409. The molecule has 6 fully saturated rings. The molecule has 4 bridgehead atoms. The summed E-state index contributed by atoms with van der Waals surface area (Å²) in [5.41, 5.74) is 4.50. The van der Waals surface area contributed by atoms with Gasteiger partial charge in [-0.3, -0.25) is 4.90 Å². The minimum atomic E-state index is 0.839. The molecule has 0 spiro atoms. The molecule has 2 aliphatic heterocycles. The molecule has 4 atom stereocenters. The predicted octanol–water partition coefficient (Wildman–Crippen LogP) is 7.16. The summed E-state index contributed by atoms with van der Waals surface area (Å²) in [6.07, 6.45) is 14.9. The van der Waals surface area contributed by atoms with Gasteiger partial charge in [0.25, 0.3) is 0 Å². The van der Waals surface area contributed by atoms with Gasteiger partial charge in [-0.1, -0.05) is 50.3 Å².